The quantitative estimate of drug-likeness (QED) is 0.815. The molecule has 1 fully saturated rings. The summed E-state index contributed by atoms with van der Waals surface area (Å²) in [5.41, 5.74) is 0.922. The van der Waals surface area contributed by atoms with Gasteiger partial charge in [0.2, 0.25) is 15.9 Å². The van der Waals surface area contributed by atoms with E-state index in [9.17, 15) is 18.0 Å². The Kier molecular flexibility index (Phi) is 4.46. The van der Waals surface area contributed by atoms with Crippen LogP contribution >= 0.6 is 0 Å². The average molecular weight is 353 g/mol. The average Bonchev–Trinajstić information content (AvgIpc) is 2.73. The third-order valence-corrected chi connectivity index (χ3v) is 5.39. The Morgan fingerprint density at radius 3 is 2.58 bits per heavy atom. The molecule has 0 saturated carbocycles. The number of fused-ring (bicyclic) bond motifs is 1. The third kappa shape index (κ3) is 3.51. The molecule has 0 aliphatic carbocycles. The van der Waals surface area contributed by atoms with Crippen molar-refractivity contribution in [3.63, 3.8) is 0 Å². The predicted octanol–water partition coefficient (Wildman–Crippen LogP) is 0.125. The summed E-state index contributed by atoms with van der Waals surface area (Å²) in [6, 6.07) is 4.92. The lowest BCUT2D eigenvalue weighted by Crippen LogP contribution is -2.50. The van der Waals surface area contributed by atoms with Crippen molar-refractivity contribution in [2.45, 2.75) is 6.42 Å². The molecule has 3 rings (SSSR count). The van der Waals surface area contributed by atoms with Crippen molar-refractivity contribution >= 4 is 27.5 Å². The largest absolute Gasteiger partial charge is 0.491 e. The molecule has 0 radical (unpaired) electrons. The van der Waals surface area contributed by atoms with Gasteiger partial charge in [-0.05, 0) is 18.2 Å². The number of piperazine rings is 1. The molecule has 1 aromatic carbocycles. The third-order valence-electron chi connectivity index (χ3n) is 4.08. The van der Waals surface area contributed by atoms with Crippen LogP contribution in [0.15, 0.2) is 18.2 Å². The van der Waals surface area contributed by atoms with Gasteiger partial charge < -0.3 is 15.0 Å². The Balaban J connectivity index is 1.73. The molecule has 130 valence electrons. The summed E-state index contributed by atoms with van der Waals surface area (Å²) in [6.07, 6.45) is 1.44. The standard InChI is InChI=1S/C15H19N3O5S/c1-24(21,22)18-7-5-17(6-8-18)15(20)11-2-3-13-12(10-11)16-14(19)4-9-23-13/h2-3,10H,4-9H2,1H3,(H,16,19). The Morgan fingerprint density at radius 2 is 1.92 bits per heavy atom. The molecule has 9 heteroatoms. The summed E-state index contributed by atoms with van der Waals surface area (Å²) < 4.78 is 29.9. The van der Waals surface area contributed by atoms with Crippen molar-refractivity contribution in [3.05, 3.63) is 23.8 Å². The summed E-state index contributed by atoms with van der Waals surface area (Å²) in [5.74, 6) is 0.198. The first kappa shape index (κ1) is 16.7. The minimum absolute atomic E-state index is 0.153. The molecule has 2 amide bonds. The fourth-order valence-corrected chi connectivity index (χ4v) is 3.58. The number of nitrogens with zero attached hydrogens (tertiary/aromatic N) is 2. The molecule has 0 spiro atoms. The number of carbonyl (C=O) groups excluding carboxylic acids is 2. The first-order chi connectivity index (χ1) is 11.3. The van der Waals surface area contributed by atoms with Gasteiger partial charge in [-0.3, -0.25) is 9.59 Å². The summed E-state index contributed by atoms with van der Waals surface area (Å²) in [6.45, 7) is 1.56. The van der Waals surface area contributed by atoms with E-state index < -0.39 is 10.0 Å². The second kappa shape index (κ2) is 6.40. The van der Waals surface area contributed by atoms with Crippen LogP contribution in [0.2, 0.25) is 0 Å². The highest BCUT2D eigenvalue weighted by atomic mass is 32.2. The molecule has 0 bridgehead atoms. The van der Waals surface area contributed by atoms with Gasteiger partial charge in [-0.15, -0.1) is 0 Å². The zero-order chi connectivity index (χ0) is 17.3. The zero-order valence-corrected chi connectivity index (χ0v) is 14.1. The number of sulfonamides is 1. The highest BCUT2D eigenvalue weighted by Crippen LogP contribution is 2.28. The van der Waals surface area contributed by atoms with Gasteiger partial charge in [0.05, 0.1) is 25.0 Å². The molecular weight excluding hydrogens is 334 g/mol. The van der Waals surface area contributed by atoms with E-state index in [4.69, 9.17) is 4.74 Å². The number of hydrogen-bond donors (Lipinski definition) is 1. The van der Waals surface area contributed by atoms with Crippen molar-refractivity contribution < 1.29 is 22.7 Å². The molecule has 2 aliphatic heterocycles. The monoisotopic (exact) mass is 353 g/mol. The number of ether oxygens (including phenoxy) is 1. The molecule has 1 aromatic rings. The number of hydrogen-bond acceptors (Lipinski definition) is 5. The van der Waals surface area contributed by atoms with E-state index >= 15 is 0 Å². The van der Waals surface area contributed by atoms with Gasteiger partial charge >= 0.3 is 0 Å². The minimum Gasteiger partial charge on any atom is -0.491 e. The lowest BCUT2D eigenvalue weighted by molar-refractivity contribution is -0.116. The SMILES string of the molecule is CS(=O)(=O)N1CCN(C(=O)c2ccc3c(c2)NC(=O)CCO3)CC1. The van der Waals surface area contributed by atoms with Crippen LogP contribution in [0.25, 0.3) is 0 Å². The fourth-order valence-electron chi connectivity index (χ4n) is 2.76. The molecule has 0 atom stereocenters. The number of nitrogens with one attached hydrogen (secondary N) is 1. The second-order valence-electron chi connectivity index (χ2n) is 5.81. The van der Waals surface area contributed by atoms with Crippen LogP contribution in [0, 0.1) is 0 Å². The molecule has 8 nitrogen and oxygen atoms in total. The zero-order valence-electron chi connectivity index (χ0n) is 13.3. The summed E-state index contributed by atoms with van der Waals surface area (Å²) in [5, 5.41) is 2.73. The van der Waals surface area contributed by atoms with Gasteiger partial charge in [0.1, 0.15) is 5.75 Å². The van der Waals surface area contributed by atoms with Crippen LogP contribution in [0.3, 0.4) is 0 Å². The van der Waals surface area contributed by atoms with Crippen molar-refractivity contribution in [3.8, 4) is 5.75 Å². The molecule has 2 aliphatic rings. The highest BCUT2D eigenvalue weighted by molar-refractivity contribution is 7.88. The van der Waals surface area contributed by atoms with E-state index in [1.54, 1.807) is 23.1 Å². The molecule has 24 heavy (non-hydrogen) atoms. The Bertz CT molecular complexity index is 769. The van der Waals surface area contributed by atoms with E-state index in [0.29, 0.717) is 36.7 Å². The number of benzene rings is 1. The molecule has 1 saturated heterocycles. The Labute approximate surface area is 140 Å². The Hall–Kier alpha value is -2.13. The summed E-state index contributed by atoms with van der Waals surface area (Å²) in [4.78, 5) is 25.8. The van der Waals surface area contributed by atoms with Crippen molar-refractivity contribution in [1.82, 2.24) is 9.21 Å². The number of rotatable bonds is 2. The van der Waals surface area contributed by atoms with Crippen LogP contribution in [0.1, 0.15) is 16.8 Å². The smallest absolute Gasteiger partial charge is 0.254 e. The second-order valence-corrected chi connectivity index (χ2v) is 7.79. The molecule has 2 heterocycles. The van der Waals surface area contributed by atoms with Gasteiger partial charge in [-0.2, -0.15) is 4.31 Å². The van der Waals surface area contributed by atoms with Crippen molar-refractivity contribution in [1.29, 1.82) is 0 Å². The van der Waals surface area contributed by atoms with Crippen LogP contribution < -0.4 is 10.1 Å². The van der Waals surface area contributed by atoms with Crippen molar-refractivity contribution in [2.75, 3.05) is 44.4 Å². The predicted molar refractivity (Wildman–Crippen MR) is 87.5 cm³/mol. The first-order valence-electron chi connectivity index (χ1n) is 7.66. The lowest BCUT2D eigenvalue weighted by atomic mass is 10.1. The van der Waals surface area contributed by atoms with E-state index in [-0.39, 0.29) is 31.3 Å². The van der Waals surface area contributed by atoms with Crippen LogP contribution in [-0.2, 0) is 14.8 Å². The maximum atomic E-state index is 12.6. The van der Waals surface area contributed by atoms with Gasteiger partial charge in [0.15, 0.2) is 0 Å². The number of amides is 2. The topological polar surface area (TPSA) is 96.0 Å². The Morgan fingerprint density at radius 1 is 1.21 bits per heavy atom. The van der Waals surface area contributed by atoms with Crippen LogP contribution in [0.5, 0.6) is 5.75 Å². The molecular formula is C15H19N3O5S. The maximum Gasteiger partial charge on any atom is 0.254 e. The van der Waals surface area contributed by atoms with Gasteiger partial charge in [-0.1, -0.05) is 0 Å². The first-order valence-corrected chi connectivity index (χ1v) is 9.50. The van der Waals surface area contributed by atoms with E-state index in [1.165, 1.54) is 10.6 Å². The van der Waals surface area contributed by atoms with Crippen molar-refractivity contribution in [2.24, 2.45) is 0 Å². The molecule has 0 unspecified atom stereocenters. The molecule has 0 aromatic heterocycles. The fraction of sp³-hybridized carbons (Fsp3) is 0.467. The maximum absolute atomic E-state index is 12.6. The number of carbonyl (C=O) groups is 2. The van der Waals surface area contributed by atoms with Gasteiger partial charge in [0, 0.05) is 31.7 Å². The highest BCUT2D eigenvalue weighted by Gasteiger charge is 2.27. The van der Waals surface area contributed by atoms with Gasteiger partial charge in [-0.25, -0.2) is 8.42 Å². The summed E-state index contributed by atoms with van der Waals surface area (Å²) in [7, 11) is -3.23. The van der Waals surface area contributed by atoms with E-state index in [2.05, 4.69) is 5.32 Å². The van der Waals surface area contributed by atoms with Crippen LogP contribution in [-0.4, -0.2) is 68.5 Å². The number of anilines is 1. The minimum atomic E-state index is -3.23. The van der Waals surface area contributed by atoms with Gasteiger partial charge in [0.25, 0.3) is 5.91 Å². The normalized spacial score (nSPS) is 19.0. The molecule has 1 N–H and O–H groups in total. The van der Waals surface area contributed by atoms with E-state index in [0.717, 1.165) is 0 Å². The lowest BCUT2D eigenvalue weighted by Gasteiger charge is -2.33. The summed E-state index contributed by atoms with van der Waals surface area (Å²) >= 11 is 0. The van der Waals surface area contributed by atoms with Crippen LogP contribution in [0.4, 0.5) is 5.69 Å². The van der Waals surface area contributed by atoms with E-state index in [1.807, 2.05) is 0 Å².